The Hall–Kier alpha value is -0.930. The molecule has 0 heterocycles. The Bertz CT molecular complexity index is 435. The number of benzene rings is 1. The summed E-state index contributed by atoms with van der Waals surface area (Å²) >= 11 is 12.5. The lowest BCUT2D eigenvalue weighted by molar-refractivity contribution is 0.591. The Morgan fingerprint density at radius 2 is 1.83 bits per heavy atom. The van der Waals surface area contributed by atoms with E-state index >= 15 is 0 Å². The van der Waals surface area contributed by atoms with Crippen LogP contribution in [-0.2, 0) is 0 Å². The lowest BCUT2D eigenvalue weighted by Crippen LogP contribution is -2.41. The normalized spacial score (nSPS) is 14.4. The standard InChI is InChI=1S/C13H17Cl2N3/c1-17(2)13(16)18(8-9-6-7-9)12-10(14)4-3-5-11(12)15/h3-5,9,16H,6-8H2,1-2H3. The van der Waals surface area contributed by atoms with E-state index in [1.54, 1.807) is 4.90 Å². The van der Waals surface area contributed by atoms with Crippen LogP contribution in [0.4, 0.5) is 5.69 Å². The van der Waals surface area contributed by atoms with Gasteiger partial charge < -0.3 is 9.80 Å². The van der Waals surface area contributed by atoms with Crippen LogP contribution in [0.5, 0.6) is 0 Å². The van der Waals surface area contributed by atoms with Crippen LogP contribution in [0.25, 0.3) is 0 Å². The van der Waals surface area contributed by atoms with Gasteiger partial charge in [-0.25, -0.2) is 0 Å². The van der Waals surface area contributed by atoms with Crippen molar-refractivity contribution in [1.82, 2.24) is 4.90 Å². The molecule has 0 amide bonds. The maximum absolute atomic E-state index is 8.19. The Morgan fingerprint density at radius 1 is 1.28 bits per heavy atom. The first-order valence-corrected chi connectivity index (χ1v) is 6.73. The van der Waals surface area contributed by atoms with Crippen LogP contribution in [0.3, 0.4) is 0 Å². The fourth-order valence-corrected chi connectivity index (χ4v) is 2.43. The first-order valence-electron chi connectivity index (χ1n) is 5.98. The molecule has 1 aliphatic carbocycles. The predicted molar refractivity (Wildman–Crippen MR) is 77.9 cm³/mol. The van der Waals surface area contributed by atoms with Gasteiger partial charge in [-0.1, -0.05) is 29.3 Å². The predicted octanol–water partition coefficient (Wildman–Crippen LogP) is 3.71. The highest BCUT2D eigenvalue weighted by atomic mass is 35.5. The summed E-state index contributed by atoms with van der Waals surface area (Å²) in [7, 11) is 3.71. The van der Waals surface area contributed by atoms with Crippen LogP contribution in [0.2, 0.25) is 10.0 Å². The largest absolute Gasteiger partial charge is 0.349 e. The van der Waals surface area contributed by atoms with Crippen molar-refractivity contribution in [1.29, 1.82) is 5.41 Å². The molecule has 98 valence electrons. The van der Waals surface area contributed by atoms with Crippen molar-refractivity contribution >= 4 is 34.8 Å². The van der Waals surface area contributed by atoms with Gasteiger partial charge in [-0.3, -0.25) is 5.41 Å². The second kappa shape index (κ2) is 5.37. The third-order valence-electron chi connectivity index (χ3n) is 3.02. The van der Waals surface area contributed by atoms with Gasteiger partial charge >= 0.3 is 0 Å². The molecule has 0 bridgehead atoms. The maximum atomic E-state index is 8.19. The summed E-state index contributed by atoms with van der Waals surface area (Å²) in [5, 5.41) is 9.37. The van der Waals surface area contributed by atoms with Crippen molar-refractivity contribution in [3.8, 4) is 0 Å². The Labute approximate surface area is 118 Å². The molecule has 0 spiro atoms. The second-order valence-corrected chi connectivity index (χ2v) is 5.66. The number of nitrogens with zero attached hydrogens (tertiary/aromatic N) is 2. The SMILES string of the molecule is CN(C)C(=N)N(CC1CC1)c1c(Cl)cccc1Cl. The molecule has 3 nitrogen and oxygen atoms in total. The van der Waals surface area contributed by atoms with Gasteiger partial charge in [0, 0.05) is 20.6 Å². The number of para-hydroxylation sites is 1. The van der Waals surface area contributed by atoms with Crippen LogP contribution in [0, 0.1) is 11.3 Å². The first kappa shape index (κ1) is 13.5. The van der Waals surface area contributed by atoms with E-state index in [9.17, 15) is 0 Å². The van der Waals surface area contributed by atoms with Crippen LogP contribution in [0.1, 0.15) is 12.8 Å². The van der Waals surface area contributed by atoms with E-state index in [1.807, 2.05) is 37.2 Å². The van der Waals surface area contributed by atoms with Crippen molar-refractivity contribution < 1.29 is 0 Å². The molecule has 18 heavy (non-hydrogen) atoms. The Kier molecular flexibility index (Phi) is 4.03. The van der Waals surface area contributed by atoms with Crippen molar-refractivity contribution in [3.63, 3.8) is 0 Å². The van der Waals surface area contributed by atoms with Gasteiger partial charge in [-0.2, -0.15) is 0 Å². The minimum absolute atomic E-state index is 0.414. The van der Waals surface area contributed by atoms with Gasteiger partial charge in [0.2, 0.25) is 0 Å². The van der Waals surface area contributed by atoms with Crippen molar-refractivity contribution in [2.75, 3.05) is 25.5 Å². The second-order valence-electron chi connectivity index (χ2n) is 4.84. The lowest BCUT2D eigenvalue weighted by Gasteiger charge is -2.30. The van der Waals surface area contributed by atoms with E-state index in [0.717, 1.165) is 12.2 Å². The van der Waals surface area contributed by atoms with Crippen LogP contribution < -0.4 is 4.90 Å². The summed E-state index contributed by atoms with van der Waals surface area (Å²) < 4.78 is 0. The number of rotatable bonds is 3. The zero-order chi connectivity index (χ0) is 13.3. The average molecular weight is 286 g/mol. The molecule has 0 aromatic heterocycles. The van der Waals surface area contributed by atoms with Gasteiger partial charge in [0.1, 0.15) is 0 Å². The fourth-order valence-electron chi connectivity index (χ4n) is 1.83. The molecule has 5 heteroatoms. The summed E-state index contributed by atoms with van der Waals surface area (Å²) in [6, 6.07) is 5.44. The molecular weight excluding hydrogens is 269 g/mol. The third-order valence-corrected chi connectivity index (χ3v) is 3.63. The topological polar surface area (TPSA) is 30.3 Å². The number of hydrogen-bond acceptors (Lipinski definition) is 1. The molecule has 1 saturated carbocycles. The molecule has 0 saturated heterocycles. The number of guanidine groups is 1. The monoisotopic (exact) mass is 285 g/mol. The van der Waals surface area contributed by atoms with Crippen molar-refractivity contribution in [2.45, 2.75) is 12.8 Å². The zero-order valence-corrected chi connectivity index (χ0v) is 12.1. The molecule has 0 unspecified atom stereocenters. The number of anilines is 1. The zero-order valence-electron chi connectivity index (χ0n) is 10.6. The van der Waals surface area contributed by atoms with E-state index < -0.39 is 0 Å². The number of hydrogen-bond donors (Lipinski definition) is 1. The van der Waals surface area contributed by atoms with Crippen molar-refractivity contribution in [3.05, 3.63) is 28.2 Å². The van der Waals surface area contributed by atoms with Crippen LogP contribution >= 0.6 is 23.2 Å². The van der Waals surface area contributed by atoms with E-state index in [1.165, 1.54) is 12.8 Å². The molecule has 1 aromatic rings. The highest BCUT2D eigenvalue weighted by molar-refractivity contribution is 6.39. The quantitative estimate of drug-likeness (QED) is 0.678. The Morgan fingerprint density at radius 3 is 2.28 bits per heavy atom. The molecule has 0 aliphatic heterocycles. The van der Waals surface area contributed by atoms with Crippen LogP contribution in [0.15, 0.2) is 18.2 Å². The first-order chi connectivity index (χ1) is 8.50. The summed E-state index contributed by atoms with van der Waals surface area (Å²) in [6.07, 6.45) is 2.44. The van der Waals surface area contributed by atoms with E-state index in [2.05, 4.69) is 0 Å². The van der Waals surface area contributed by atoms with Gasteiger partial charge in [-0.15, -0.1) is 0 Å². The molecule has 1 aliphatic rings. The maximum Gasteiger partial charge on any atom is 0.197 e. The number of nitrogens with one attached hydrogen (secondary N) is 1. The van der Waals surface area contributed by atoms with E-state index in [4.69, 9.17) is 28.6 Å². The van der Waals surface area contributed by atoms with Gasteiger partial charge in [0.05, 0.1) is 15.7 Å². The Balaban J connectivity index is 2.35. The summed E-state index contributed by atoms with van der Waals surface area (Å²) in [6.45, 7) is 0.806. The van der Waals surface area contributed by atoms with E-state index in [-0.39, 0.29) is 0 Å². The molecule has 1 aromatic carbocycles. The fraction of sp³-hybridized carbons (Fsp3) is 0.462. The highest BCUT2D eigenvalue weighted by Crippen LogP contribution is 2.37. The summed E-state index contributed by atoms with van der Waals surface area (Å²) in [5.74, 6) is 1.06. The van der Waals surface area contributed by atoms with Gasteiger partial charge in [0.15, 0.2) is 5.96 Å². The van der Waals surface area contributed by atoms with Crippen LogP contribution in [-0.4, -0.2) is 31.5 Å². The minimum Gasteiger partial charge on any atom is -0.349 e. The molecule has 1 fully saturated rings. The lowest BCUT2D eigenvalue weighted by atomic mass is 10.2. The molecule has 1 N–H and O–H groups in total. The summed E-state index contributed by atoms with van der Waals surface area (Å²) in [4.78, 5) is 3.67. The minimum atomic E-state index is 0.414. The number of halogens is 2. The average Bonchev–Trinajstić information content (AvgIpc) is 3.10. The smallest absolute Gasteiger partial charge is 0.197 e. The summed E-state index contributed by atoms with van der Waals surface area (Å²) in [5.41, 5.74) is 0.742. The van der Waals surface area contributed by atoms with Crippen molar-refractivity contribution in [2.24, 2.45) is 5.92 Å². The molecule has 2 rings (SSSR count). The highest BCUT2D eigenvalue weighted by Gasteiger charge is 2.29. The third kappa shape index (κ3) is 2.90. The molecule has 0 atom stereocenters. The molecule has 0 radical (unpaired) electrons. The van der Waals surface area contributed by atoms with Gasteiger partial charge in [-0.05, 0) is 30.9 Å². The van der Waals surface area contributed by atoms with E-state index in [0.29, 0.717) is 21.9 Å². The molecular formula is C13H17Cl2N3. The van der Waals surface area contributed by atoms with Gasteiger partial charge in [0.25, 0.3) is 0 Å².